The van der Waals surface area contributed by atoms with Crippen LogP contribution in [-0.2, 0) is 6.54 Å². The van der Waals surface area contributed by atoms with Gasteiger partial charge in [-0.1, -0.05) is 16.8 Å². The summed E-state index contributed by atoms with van der Waals surface area (Å²) in [5, 5.41) is 11.8. The number of hydrogen-bond acceptors (Lipinski definition) is 6. The van der Waals surface area contributed by atoms with Crippen molar-refractivity contribution in [2.45, 2.75) is 13.5 Å². The summed E-state index contributed by atoms with van der Waals surface area (Å²) < 4.78 is 10.6. The Labute approximate surface area is 136 Å². The van der Waals surface area contributed by atoms with E-state index in [0.717, 1.165) is 16.8 Å². The van der Waals surface area contributed by atoms with Gasteiger partial charge in [0.2, 0.25) is 11.7 Å². The molecular formula is C15H14ClN3O2S. The first-order chi connectivity index (χ1) is 10.7. The fraction of sp³-hybridized carbons (Fsp3) is 0.200. The van der Waals surface area contributed by atoms with Crippen molar-refractivity contribution in [3.05, 3.63) is 45.4 Å². The minimum Gasteiger partial charge on any atom is -0.495 e. The van der Waals surface area contributed by atoms with E-state index in [1.54, 1.807) is 24.5 Å². The predicted octanol–water partition coefficient (Wildman–Crippen LogP) is 4.38. The SMILES string of the molecule is COc1cc(Cl)c(C)cc1NCc1nc(-c2ccsc2)no1. The average molecular weight is 336 g/mol. The maximum atomic E-state index is 6.09. The van der Waals surface area contributed by atoms with Crippen LogP contribution >= 0.6 is 22.9 Å². The van der Waals surface area contributed by atoms with Crippen LogP contribution in [0, 0.1) is 6.92 Å². The fourth-order valence-corrected chi connectivity index (χ4v) is 2.76. The molecule has 0 aliphatic heterocycles. The molecule has 114 valence electrons. The number of thiophene rings is 1. The molecule has 0 amide bonds. The molecule has 3 rings (SSSR count). The molecule has 5 nitrogen and oxygen atoms in total. The number of nitrogens with one attached hydrogen (secondary N) is 1. The molecule has 7 heteroatoms. The third-order valence-corrected chi connectivity index (χ3v) is 4.25. The first-order valence-corrected chi connectivity index (χ1v) is 7.92. The van der Waals surface area contributed by atoms with Crippen LogP contribution in [0.5, 0.6) is 5.75 Å². The highest BCUT2D eigenvalue weighted by molar-refractivity contribution is 7.08. The molecule has 0 radical (unpaired) electrons. The van der Waals surface area contributed by atoms with Gasteiger partial charge in [-0.15, -0.1) is 0 Å². The van der Waals surface area contributed by atoms with E-state index in [-0.39, 0.29) is 0 Å². The zero-order valence-corrected chi connectivity index (χ0v) is 13.7. The Hall–Kier alpha value is -2.05. The molecule has 1 aromatic carbocycles. The van der Waals surface area contributed by atoms with Crippen LogP contribution in [0.15, 0.2) is 33.5 Å². The summed E-state index contributed by atoms with van der Waals surface area (Å²) >= 11 is 7.69. The first kappa shape index (κ1) is 14.9. The minimum atomic E-state index is 0.411. The van der Waals surface area contributed by atoms with E-state index < -0.39 is 0 Å². The van der Waals surface area contributed by atoms with Crippen LogP contribution < -0.4 is 10.1 Å². The van der Waals surface area contributed by atoms with Gasteiger partial charge < -0.3 is 14.6 Å². The maximum absolute atomic E-state index is 6.09. The quantitative estimate of drug-likeness (QED) is 0.749. The van der Waals surface area contributed by atoms with Gasteiger partial charge in [-0.05, 0) is 30.0 Å². The molecule has 0 aliphatic rings. The highest BCUT2D eigenvalue weighted by Gasteiger charge is 2.11. The van der Waals surface area contributed by atoms with E-state index in [4.69, 9.17) is 20.9 Å². The molecule has 2 heterocycles. The number of nitrogens with zero attached hydrogens (tertiary/aromatic N) is 2. The van der Waals surface area contributed by atoms with E-state index in [1.165, 1.54) is 0 Å². The zero-order valence-electron chi connectivity index (χ0n) is 12.1. The Kier molecular flexibility index (Phi) is 4.31. The van der Waals surface area contributed by atoms with Gasteiger partial charge in [-0.3, -0.25) is 0 Å². The number of ether oxygens (including phenoxy) is 1. The number of halogens is 1. The predicted molar refractivity (Wildman–Crippen MR) is 87.7 cm³/mol. The van der Waals surface area contributed by atoms with Crippen LogP contribution in [0.3, 0.4) is 0 Å². The Bertz CT molecular complexity index is 771. The minimum absolute atomic E-state index is 0.411. The molecular weight excluding hydrogens is 322 g/mol. The second kappa shape index (κ2) is 6.37. The molecule has 0 saturated heterocycles. The number of methoxy groups -OCH3 is 1. The smallest absolute Gasteiger partial charge is 0.246 e. The van der Waals surface area contributed by atoms with E-state index in [0.29, 0.717) is 29.0 Å². The molecule has 1 N–H and O–H groups in total. The number of anilines is 1. The molecule has 0 bridgehead atoms. The Morgan fingerprint density at radius 3 is 3.00 bits per heavy atom. The van der Waals surface area contributed by atoms with Gasteiger partial charge in [0.05, 0.1) is 19.3 Å². The van der Waals surface area contributed by atoms with Crippen molar-refractivity contribution in [3.63, 3.8) is 0 Å². The van der Waals surface area contributed by atoms with E-state index in [2.05, 4.69) is 15.5 Å². The van der Waals surface area contributed by atoms with Crippen molar-refractivity contribution in [2.75, 3.05) is 12.4 Å². The zero-order chi connectivity index (χ0) is 15.5. The van der Waals surface area contributed by atoms with Gasteiger partial charge >= 0.3 is 0 Å². The van der Waals surface area contributed by atoms with Crippen LogP contribution in [-0.4, -0.2) is 17.3 Å². The fourth-order valence-electron chi connectivity index (χ4n) is 1.98. The lowest BCUT2D eigenvalue weighted by Crippen LogP contribution is -2.02. The van der Waals surface area contributed by atoms with Crippen molar-refractivity contribution >= 4 is 28.6 Å². The highest BCUT2D eigenvalue weighted by atomic mass is 35.5. The molecule has 2 aromatic heterocycles. The topological polar surface area (TPSA) is 60.2 Å². The van der Waals surface area contributed by atoms with Crippen LogP contribution in [0.25, 0.3) is 11.4 Å². The van der Waals surface area contributed by atoms with Crippen molar-refractivity contribution in [3.8, 4) is 17.1 Å². The number of aromatic nitrogens is 2. The van der Waals surface area contributed by atoms with Crippen molar-refractivity contribution in [1.82, 2.24) is 10.1 Å². The Morgan fingerprint density at radius 2 is 2.27 bits per heavy atom. The van der Waals surface area contributed by atoms with Gasteiger partial charge in [0.15, 0.2) is 0 Å². The lowest BCUT2D eigenvalue weighted by molar-refractivity contribution is 0.383. The van der Waals surface area contributed by atoms with Gasteiger partial charge in [-0.2, -0.15) is 16.3 Å². The third-order valence-electron chi connectivity index (χ3n) is 3.16. The van der Waals surface area contributed by atoms with Crippen LogP contribution in [0.1, 0.15) is 11.5 Å². The maximum Gasteiger partial charge on any atom is 0.246 e. The standard InChI is InChI=1S/C15H14ClN3O2S/c1-9-5-12(13(20-2)6-11(9)16)17-7-14-18-15(19-21-14)10-3-4-22-8-10/h3-6,8,17H,7H2,1-2H3. The van der Waals surface area contributed by atoms with Crippen molar-refractivity contribution < 1.29 is 9.26 Å². The molecule has 0 unspecified atom stereocenters. The van der Waals surface area contributed by atoms with E-state index in [9.17, 15) is 0 Å². The second-order valence-corrected chi connectivity index (χ2v) is 5.87. The number of rotatable bonds is 5. The molecule has 3 aromatic rings. The largest absolute Gasteiger partial charge is 0.495 e. The second-order valence-electron chi connectivity index (χ2n) is 4.68. The van der Waals surface area contributed by atoms with Crippen molar-refractivity contribution in [1.29, 1.82) is 0 Å². The van der Waals surface area contributed by atoms with Crippen molar-refractivity contribution in [2.24, 2.45) is 0 Å². The molecule has 0 atom stereocenters. The summed E-state index contributed by atoms with van der Waals surface area (Å²) in [6.07, 6.45) is 0. The molecule has 0 spiro atoms. The first-order valence-electron chi connectivity index (χ1n) is 6.60. The summed E-state index contributed by atoms with van der Waals surface area (Å²) in [6.45, 7) is 2.35. The number of hydrogen-bond donors (Lipinski definition) is 1. The van der Waals surface area contributed by atoms with Gasteiger partial charge in [-0.25, -0.2) is 0 Å². The Balaban J connectivity index is 1.74. The van der Waals surface area contributed by atoms with E-state index >= 15 is 0 Å². The van der Waals surface area contributed by atoms with Gasteiger partial charge in [0.25, 0.3) is 0 Å². The number of benzene rings is 1. The van der Waals surface area contributed by atoms with E-state index in [1.807, 2.05) is 29.8 Å². The Morgan fingerprint density at radius 1 is 1.41 bits per heavy atom. The summed E-state index contributed by atoms with van der Waals surface area (Å²) in [5.74, 6) is 1.78. The monoisotopic (exact) mass is 335 g/mol. The molecule has 0 aliphatic carbocycles. The average Bonchev–Trinajstić information content (AvgIpc) is 3.18. The van der Waals surface area contributed by atoms with Gasteiger partial charge in [0.1, 0.15) is 5.75 Å². The lowest BCUT2D eigenvalue weighted by Gasteiger charge is -2.11. The lowest BCUT2D eigenvalue weighted by atomic mass is 10.2. The normalized spacial score (nSPS) is 10.7. The van der Waals surface area contributed by atoms with Gasteiger partial charge in [0, 0.05) is 22.0 Å². The summed E-state index contributed by atoms with van der Waals surface area (Å²) in [5.41, 5.74) is 2.76. The molecule has 0 fully saturated rings. The van der Waals surface area contributed by atoms with Crippen LogP contribution in [0.2, 0.25) is 5.02 Å². The highest BCUT2D eigenvalue weighted by Crippen LogP contribution is 2.31. The summed E-state index contributed by atoms with van der Waals surface area (Å²) in [4.78, 5) is 4.36. The third kappa shape index (κ3) is 3.08. The summed E-state index contributed by atoms with van der Waals surface area (Å²) in [7, 11) is 1.60. The van der Waals surface area contributed by atoms with Crippen LogP contribution in [0.4, 0.5) is 5.69 Å². The molecule has 0 saturated carbocycles. The summed E-state index contributed by atoms with van der Waals surface area (Å²) in [6, 6.07) is 5.67. The number of aryl methyl sites for hydroxylation is 1. The molecule has 22 heavy (non-hydrogen) atoms.